The predicted octanol–water partition coefficient (Wildman–Crippen LogP) is 1.79. The Hall–Kier alpha value is -1.87. The third-order valence-corrected chi connectivity index (χ3v) is 7.29. The molecule has 2 aromatic rings. The first-order chi connectivity index (χ1) is 13.0. The van der Waals surface area contributed by atoms with Gasteiger partial charge in [-0.05, 0) is 24.5 Å². The Morgan fingerprint density at radius 3 is 2.46 bits per heavy atom. The number of nitrogens with two attached hydrogens (primary N) is 1. The fourth-order valence-electron chi connectivity index (χ4n) is 3.93. The van der Waals surface area contributed by atoms with Gasteiger partial charge in [0.1, 0.15) is 10.6 Å². The Balaban J connectivity index is 0.00000225. The van der Waals surface area contributed by atoms with Crippen molar-refractivity contribution in [1.29, 1.82) is 0 Å². The van der Waals surface area contributed by atoms with Crippen LogP contribution in [0.4, 0.5) is 0 Å². The van der Waals surface area contributed by atoms with E-state index in [1.54, 1.807) is 4.90 Å². The van der Waals surface area contributed by atoms with Gasteiger partial charge < -0.3 is 15.6 Å². The fraction of sp³-hybridized carbons (Fsp3) is 0.421. The summed E-state index contributed by atoms with van der Waals surface area (Å²) in [5.41, 5.74) is 7.60. The van der Waals surface area contributed by atoms with Crippen molar-refractivity contribution < 1.29 is 13.2 Å². The highest BCUT2D eigenvalue weighted by Crippen LogP contribution is 2.30. The highest BCUT2D eigenvalue weighted by molar-refractivity contribution is 7.89. The van der Waals surface area contributed by atoms with Crippen LogP contribution in [0.3, 0.4) is 0 Å². The lowest BCUT2D eigenvalue weighted by Crippen LogP contribution is -2.32. The zero-order valence-electron chi connectivity index (χ0n) is 15.5. The predicted molar refractivity (Wildman–Crippen MR) is 109 cm³/mol. The van der Waals surface area contributed by atoms with Crippen LogP contribution in [0.25, 0.3) is 0 Å². The highest BCUT2D eigenvalue weighted by atomic mass is 35.5. The van der Waals surface area contributed by atoms with E-state index in [1.165, 1.54) is 16.6 Å². The molecule has 0 bridgehead atoms. The number of H-pyrrole nitrogens is 1. The lowest BCUT2D eigenvalue weighted by Gasteiger charge is -2.16. The minimum atomic E-state index is -3.70. The molecule has 2 aliphatic heterocycles. The topological polar surface area (TPSA) is 99.5 Å². The van der Waals surface area contributed by atoms with Crippen LogP contribution in [-0.2, 0) is 10.0 Å². The molecule has 0 aliphatic carbocycles. The molecular formula is C19H25ClN4O3S. The minimum Gasteiger partial charge on any atom is -0.356 e. The van der Waals surface area contributed by atoms with E-state index in [4.69, 9.17) is 5.73 Å². The van der Waals surface area contributed by atoms with E-state index in [0.717, 1.165) is 31.5 Å². The lowest BCUT2D eigenvalue weighted by atomic mass is 9.95. The molecule has 7 nitrogen and oxygen atoms in total. The maximum atomic E-state index is 13.0. The summed E-state index contributed by atoms with van der Waals surface area (Å²) in [7, 11) is -3.70. The summed E-state index contributed by atoms with van der Waals surface area (Å²) in [5, 5.41) is 0. The number of amides is 1. The number of carbonyl (C=O) groups is 1. The third-order valence-electron chi connectivity index (χ3n) is 5.48. The van der Waals surface area contributed by atoms with Crippen LogP contribution in [0, 0.1) is 0 Å². The zero-order valence-corrected chi connectivity index (χ0v) is 17.1. The van der Waals surface area contributed by atoms with E-state index in [1.807, 2.05) is 30.3 Å². The molecule has 0 unspecified atom stereocenters. The lowest BCUT2D eigenvalue weighted by molar-refractivity contribution is 0.0787. The standard InChI is InChI=1S/C19H24N4O3S.ClH/c20-17-13-23(12-16(17)14-6-2-1-3-7-14)27(25,26)15-10-18(21-11-15)19(24)22-8-4-5-9-22;/h1-3,6-7,10-11,16-17,21H,4-5,8-9,12-13,20H2;1H/t16-,17+;/m0./s1. The average molecular weight is 425 g/mol. The first kappa shape index (κ1) is 20.9. The second-order valence-corrected chi connectivity index (χ2v) is 9.19. The molecule has 2 fully saturated rings. The molecule has 4 rings (SSSR count). The summed E-state index contributed by atoms with van der Waals surface area (Å²) in [4.78, 5) is 17.2. The molecule has 3 heterocycles. The van der Waals surface area contributed by atoms with Gasteiger partial charge in [0.25, 0.3) is 5.91 Å². The average Bonchev–Trinajstić information content (AvgIpc) is 3.42. The first-order valence-electron chi connectivity index (χ1n) is 9.25. The summed E-state index contributed by atoms with van der Waals surface area (Å²) in [6.07, 6.45) is 3.38. The van der Waals surface area contributed by atoms with Gasteiger partial charge in [0.15, 0.2) is 0 Å². The van der Waals surface area contributed by atoms with E-state index in [2.05, 4.69) is 4.98 Å². The molecule has 152 valence electrons. The van der Waals surface area contributed by atoms with Crippen LogP contribution in [0.15, 0.2) is 47.5 Å². The number of rotatable bonds is 4. The maximum Gasteiger partial charge on any atom is 0.270 e. The van der Waals surface area contributed by atoms with E-state index in [9.17, 15) is 13.2 Å². The largest absolute Gasteiger partial charge is 0.356 e. The van der Waals surface area contributed by atoms with Crippen molar-refractivity contribution in [3.63, 3.8) is 0 Å². The number of likely N-dealkylation sites (tertiary alicyclic amines) is 1. The van der Waals surface area contributed by atoms with Crippen LogP contribution in [0.5, 0.6) is 0 Å². The van der Waals surface area contributed by atoms with Gasteiger partial charge in [0.2, 0.25) is 10.0 Å². The Morgan fingerprint density at radius 1 is 1.11 bits per heavy atom. The van der Waals surface area contributed by atoms with Crippen LogP contribution in [0.2, 0.25) is 0 Å². The van der Waals surface area contributed by atoms with Crippen molar-refractivity contribution in [2.75, 3.05) is 26.2 Å². The van der Waals surface area contributed by atoms with Gasteiger partial charge in [-0.15, -0.1) is 12.4 Å². The maximum absolute atomic E-state index is 13.0. The van der Waals surface area contributed by atoms with E-state index in [0.29, 0.717) is 12.2 Å². The molecule has 1 amide bonds. The van der Waals surface area contributed by atoms with E-state index in [-0.39, 0.29) is 41.7 Å². The van der Waals surface area contributed by atoms with Crippen molar-refractivity contribution in [3.8, 4) is 0 Å². The molecule has 2 saturated heterocycles. The number of hydrogen-bond acceptors (Lipinski definition) is 4. The van der Waals surface area contributed by atoms with Crippen molar-refractivity contribution in [2.45, 2.75) is 29.7 Å². The van der Waals surface area contributed by atoms with Crippen molar-refractivity contribution in [3.05, 3.63) is 53.9 Å². The molecule has 0 saturated carbocycles. The van der Waals surface area contributed by atoms with Gasteiger partial charge in [-0.25, -0.2) is 8.42 Å². The first-order valence-corrected chi connectivity index (χ1v) is 10.7. The Morgan fingerprint density at radius 2 is 1.79 bits per heavy atom. The SMILES string of the molecule is Cl.N[C@@H]1CN(S(=O)(=O)c2c[nH]c(C(=O)N3CCCC3)c2)C[C@H]1c1ccccc1. The Bertz CT molecular complexity index is 926. The number of benzene rings is 1. The molecule has 2 aliphatic rings. The summed E-state index contributed by atoms with van der Waals surface area (Å²) in [5.74, 6) is -0.181. The smallest absolute Gasteiger partial charge is 0.270 e. The van der Waals surface area contributed by atoms with Gasteiger partial charge in [0.05, 0.1) is 0 Å². The highest BCUT2D eigenvalue weighted by Gasteiger charge is 2.39. The van der Waals surface area contributed by atoms with Gasteiger partial charge in [-0.3, -0.25) is 4.79 Å². The number of nitrogens with one attached hydrogen (secondary N) is 1. The molecule has 0 radical (unpaired) electrons. The molecular weight excluding hydrogens is 400 g/mol. The van der Waals surface area contributed by atoms with Gasteiger partial charge in [-0.2, -0.15) is 4.31 Å². The van der Waals surface area contributed by atoms with Gasteiger partial charge in [-0.1, -0.05) is 30.3 Å². The molecule has 0 spiro atoms. The van der Waals surface area contributed by atoms with Crippen LogP contribution >= 0.6 is 12.4 Å². The van der Waals surface area contributed by atoms with Crippen LogP contribution in [0.1, 0.15) is 34.8 Å². The van der Waals surface area contributed by atoms with Crippen LogP contribution in [-0.4, -0.2) is 60.7 Å². The molecule has 1 aromatic carbocycles. The van der Waals surface area contributed by atoms with Crippen LogP contribution < -0.4 is 5.73 Å². The van der Waals surface area contributed by atoms with Gasteiger partial charge in [0, 0.05) is 44.3 Å². The molecule has 9 heteroatoms. The number of carbonyl (C=O) groups excluding carboxylic acids is 1. The minimum absolute atomic E-state index is 0. The molecule has 2 atom stereocenters. The number of halogens is 1. The quantitative estimate of drug-likeness (QED) is 0.781. The summed E-state index contributed by atoms with van der Waals surface area (Å²) < 4.78 is 27.5. The number of nitrogens with zero attached hydrogens (tertiary/aromatic N) is 2. The monoisotopic (exact) mass is 424 g/mol. The zero-order chi connectivity index (χ0) is 19.0. The second-order valence-electron chi connectivity index (χ2n) is 7.25. The fourth-order valence-corrected chi connectivity index (χ4v) is 5.43. The van der Waals surface area contributed by atoms with Crippen molar-refractivity contribution >= 4 is 28.3 Å². The number of aromatic amines is 1. The number of hydrogen-bond donors (Lipinski definition) is 2. The van der Waals surface area contributed by atoms with E-state index >= 15 is 0 Å². The van der Waals surface area contributed by atoms with Crippen molar-refractivity contribution in [2.24, 2.45) is 5.73 Å². The Kier molecular flexibility index (Phi) is 6.14. The normalized spacial score (nSPS) is 23.0. The number of aromatic nitrogens is 1. The summed E-state index contributed by atoms with van der Waals surface area (Å²) in [6.45, 7) is 2.05. The molecule has 3 N–H and O–H groups in total. The second kappa shape index (κ2) is 8.24. The van der Waals surface area contributed by atoms with Crippen molar-refractivity contribution in [1.82, 2.24) is 14.2 Å². The number of sulfonamides is 1. The summed E-state index contributed by atoms with van der Waals surface area (Å²) >= 11 is 0. The Labute approximate surface area is 171 Å². The molecule has 28 heavy (non-hydrogen) atoms. The van der Waals surface area contributed by atoms with E-state index < -0.39 is 10.0 Å². The molecule has 1 aromatic heterocycles. The summed E-state index contributed by atoms with van der Waals surface area (Å²) in [6, 6.07) is 10.9. The van der Waals surface area contributed by atoms with Gasteiger partial charge >= 0.3 is 0 Å². The third kappa shape index (κ3) is 3.82.